The van der Waals surface area contributed by atoms with Crippen LogP contribution >= 0.6 is 0 Å². The molecule has 0 spiro atoms. The van der Waals surface area contributed by atoms with Crippen molar-refractivity contribution in [3.05, 3.63) is 29.6 Å². The number of methoxy groups -OCH3 is 1. The number of sulfone groups is 1. The Balaban J connectivity index is 1.53. The molecule has 0 aromatic heterocycles. The van der Waals surface area contributed by atoms with Gasteiger partial charge in [-0.1, -0.05) is 6.07 Å². The summed E-state index contributed by atoms with van der Waals surface area (Å²) in [4.78, 5) is 4.61. The highest BCUT2D eigenvalue weighted by atomic mass is 32.2. The molecular weight excluding hydrogens is 319 g/mol. The summed E-state index contributed by atoms with van der Waals surface area (Å²) in [5.74, 6) is 0.566. The number of hydrogen-bond donors (Lipinski definition) is 0. The fraction of sp³-hybridized carbons (Fsp3) is 0.625. The summed E-state index contributed by atoms with van der Waals surface area (Å²) in [7, 11) is -1.35. The van der Waals surface area contributed by atoms with Crippen LogP contribution in [0.5, 0.6) is 5.75 Å². The molecule has 2 fully saturated rings. The van der Waals surface area contributed by atoms with E-state index < -0.39 is 9.84 Å². The van der Waals surface area contributed by atoms with E-state index in [0.29, 0.717) is 11.5 Å². The van der Waals surface area contributed by atoms with Gasteiger partial charge in [-0.15, -0.1) is 0 Å². The number of hydrogen-bond acceptors (Lipinski definition) is 5. The average Bonchev–Trinajstić information content (AvgIpc) is 2.90. The minimum atomic E-state index is -2.82. The van der Waals surface area contributed by atoms with Crippen molar-refractivity contribution < 1.29 is 17.5 Å². The summed E-state index contributed by atoms with van der Waals surface area (Å²) in [5.41, 5.74) is 1.03. The second kappa shape index (κ2) is 6.75. The van der Waals surface area contributed by atoms with Crippen LogP contribution in [0, 0.1) is 5.82 Å². The standard InChI is InChI=1S/C16H23FN2O3S/c1-22-16-10-13(2-3-15(16)17)11-18-5-7-19(8-6-18)14-4-9-23(20,21)12-14/h2-3,10,14H,4-9,11-12H2,1H3/t14-/m0/s1. The number of piperazine rings is 1. The maximum atomic E-state index is 13.4. The molecule has 7 heteroatoms. The van der Waals surface area contributed by atoms with Crippen LogP contribution in [0.15, 0.2) is 18.2 Å². The molecule has 0 aliphatic carbocycles. The van der Waals surface area contributed by atoms with E-state index in [1.807, 2.05) is 0 Å². The van der Waals surface area contributed by atoms with Crippen molar-refractivity contribution in [2.24, 2.45) is 0 Å². The van der Waals surface area contributed by atoms with E-state index in [1.54, 1.807) is 12.1 Å². The van der Waals surface area contributed by atoms with Crippen LogP contribution in [0.3, 0.4) is 0 Å². The number of nitrogens with zero attached hydrogens (tertiary/aromatic N) is 2. The van der Waals surface area contributed by atoms with Gasteiger partial charge in [0.15, 0.2) is 21.4 Å². The smallest absolute Gasteiger partial charge is 0.165 e. The van der Waals surface area contributed by atoms with E-state index in [-0.39, 0.29) is 17.6 Å². The predicted molar refractivity (Wildman–Crippen MR) is 86.9 cm³/mol. The van der Waals surface area contributed by atoms with Crippen molar-refractivity contribution in [2.75, 3.05) is 44.8 Å². The van der Waals surface area contributed by atoms with E-state index in [1.165, 1.54) is 13.2 Å². The van der Waals surface area contributed by atoms with Crippen LogP contribution in [-0.4, -0.2) is 69.1 Å². The Hall–Kier alpha value is -1.18. The maximum absolute atomic E-state index is 13.4. The summed E-state index contributed by atoms with van der Waals surface area (Å²) in [6.45, 7) is 4.33. The Bertz CT molecular complexity index is 657. The van der Waals surface area contributed by atoms with Crippen LogP contribution < -0.4 is 4.74 Å². The van der Waals surface area contributed by atoms with Gasteiger partial charge >= 0.3 is 0 Å². The second-order valence-electron chi connectivity index (χ2n) is 6.34. The summed E-state index contributed by atoms with van der Waals surface area (Å²) in [6.07, 6.45) is 0.761. The fourth-order valence-electron chi connectivity index (χ4n) is 3.41. The van der Waals surface area contributed by atoms with Gasteiger partial charge in [-0.25, -0.2) is 12.8 Å². The zero-order valence-corrected chi connectivity index (χ0v) is 14.2. The van der Waals surface area contributed by atoms with Crippen LogP contribution in [0.2, 0.25) is 0 Å². The molecule has 0 amide bonds. The monoisotopic (exact) mass is 342 g/mol. The van der Waals surface area contributed by atoms with Gasteiger partial charge in [-0.2, -0.15) is 0 Å². The average molecular weight is 342 g/mol. The van der Waals surface area contributed by atoms with Gasteiger partial charge in [0.05, 0.1) is 18.6 Å². The highest BCUT2D eigenvalue weighted by Gasteiger charge is 2.33. The highest BCUT2D eigenvalue weighted by molar-refractivity contribution is 7.91. The molecule has 23 heavy (non-hydrogen) atoms. The van der Waals surface area contributed by atoms with Crippen molar-refractivity contribution in [1.29, 1.82) is 0 Å². The van der Waals surface area contributed by atoms with E-state index in [9.17, 15) is 12.8 Å². The SMILES string of the molecule is COc1cc(CN2CCN([C@H]3CCS(=O)(=O)C3)CC2)ccc1F. The number of rotatable bonds is 4. The molecule has 0 saturated carbocycles. The number of benzene rings is 1. The number of ether oxygens (including phenoxy) is 1. The first-order valence-corrected chi connectivity index (χ1v) is 9.78. The Labute approximate surface area is 136 Å². The molecule has 2 aliphatic rings. The van der Waals surface area contributed by atoms with Crippen molar-refractivity contribution >= 4 is 9.84 Å². The molecular formula is C16H23FN2O3S. The van der Waals surface area contributed by atoms with Gasteiger partial charge in [0.2, 0.25) is 0 Å². The number of halogens is 1. The molecule has 1 aromatic carbocycles. The third-order valence-corrected chi connectivity index (χ3v) is 6.50. The molecule has 2 heterocycles. The molecule has 2 aliphatic heterocycles. The van der Waals surface area contributed by atoms with Crippen LogP contribution in [0.25, 0.3) is 0 Å². The Morgan fingerprint density at radius 2 is 2.00 bits per heavy atom. The van der Waals surface area contributed by atoms with Gasteiger partial charge < -0.3 is 4.74 Å². The molecule has 0 bridgehead atoms. The first-order valence-electron chi connectivity index (χ1n) is 7.96. The Kier molecular flexibility index (Phi) is 4.89. The van der Waals surface area contributed by atoms with Crippen molar-refractivity contribution in [1.82, 2.24) is 9.80 Å². The Morgan fingerprint density at radius 3 is 2.61 bits per heavy atom. The molecule has 0 N–H and O–H groups in total. The van der Waals surface area contributed by atoms with E-state index in [2.05, 4.69) is 9.80 Å². The van der Waals surface area contributed by atoms with Crippen LogP contribution in [-0.2, 0) is 16.4 Å². The van der Waals surface area contributed by atoms with E-state index >= 15 is 0 Å². The van der Waals surface area contributed by atoms with Crippen molar-refractivity contribution in [3.63, 3.8) is 0 Å². The highest BCUT2D eigenvalue weighted by Crippen LogP contribution is 2.22. The normalized spacial score (nSPS) is 25.6. The lowest BCUT2D eigenvalue weighted by atomic mass is 10.1. The summed E-state index contributed by atoms with van der Waals surface area (Å²) in [5, 5.41) is 0. The van der Waals surface area contributed by atoms with E-state index in [4.69, 9.17) is 4.74 Å². The summed E-state index contributed by atoms with van der Waals surface area (Å²) >= 11 is 0. The minimum absolute atomic E-state index is 0.188. The quantitative estimate of drug-likeness (QED) is 0.821. The van der Waals surface area contributed by atoms with Gasteiger partial charge in [-0.05, 0) is 24.1 Å². The lowest BCUT2D eigenvalue weighted by molar-refractivity contribution is 0.1000. The molecule has 2 saturated heterocycles. The zero-order chi connectivity index (χ0) is 16.4. The van der Waals surface area contributed by atoms with Crippen molar-refractivity contribution in [3.8, 4) is 5.75 Å². The molecule has 5 nitrogen and oxygen atoms in total. The predicted octanol–water partition coefficient (Wildman–Crippen LogP) is 1.14. The molecule has 0 unspecified atom stereocenters. The lowest BCUT2D eigenvalue weighted by Gasteiger charge is -2.37. The van der Waals surface area contributed by atoms with Gasteiger partial charge in [0, 0.05) is 38.8 Å². The molecule has 1 aromatic rings. The minimum Gasteiger partial charge on any atom is -0.494 e. The van der Waals surface area contributed by atoms with Crippen LogP contribution in [0.4, 0.5) is 4.39 Å². The van der Waals surface area contributed by atoms with Gasteiger partial charge in [-0.3, -0.25) is 9.80 Å². The second-order valence-corrected chi connectivity index (χ2v) is 8.57. The first kappa shape index (κ1) is 16.7. The largest absolute Gasteiger partial charge is 0.494 e. The summed E-state index contributed by atoms with van der Waals surface area (Å²) < 4.78 is 41.7. The fourth-order valence-corrected chi connectivity index (χ4v) is 5.17. The van der Waals surface area contributed by atoms with Crippen LogP contribution in [0.1, 0.15) is 12.0 Å². The zero-order valence-electron chi connectivity index (χ0n) is 13.4. The third-order valence-electron chi connectivity index (χ3n) is 4.75. The van der Waals surface area contributed by atoms with Gasteiger partial charge in [0.25, 0.3) is 0 Å². The third kappa shape index (κ3) is 4.02. The Morgan fingerprint density at radius 1 is 1.26 bits per heavy atom. The molecule has 3 rings (SSSR count). The molecule has 1 atom stereocenters. The molecule has 128 valence electrons. The lowest BCUT2D eigenvalue weighted by Crippen LogP contribution is -2.50. The maximum Gasteiger partial charge on any atom is 0.165 e. The summed E-state index contributed by atoms with van der Waals surface area (Å²) in [6, 6.07) is 5.15. The van der Waals surface area contributed by atoms with E-state index in [0.717, 1.165) is 44.7 Å². The van der Waals surface area contributed by atoms with Gasteiger partial charge in [0.1, 0.15) is 0 Å². The molecule has 0 radical (unpaired) electrons. The first-order chi connectivity index (χ1) is 11.0. The van der Waals surface area contributed by atoms with Crippen molar-refractivity contribution in [2.45, 2.75) is 19.0 Å². The topological polar surface area (TPSA) is 49.9 Å².